The lowest BCUT2D eigenvalue weighted by Crippen LogP contribution is -2.39. The molecule has 0 amide bonds. The fraction of sp³-hybridized carbons (Fsp3) is 0.381. The van der Waals surface area contributed by atoms with Gasteiger partial charge < -0.3 is 10.4 Å². The summed E-state index contributed by atoms with van der Waals surface area (Å²) >= 11 is 6.34. The maximum Gasteiger partial charge on any atom is 0.260 e. The van der Waals surface area contributed by atoms with E-state index in [1.807, 2.05) is 25.1 Å². The minimum Gasteiger partial charge on any atom is -0.388 e. The SMILES string of the molecule is C[C@H](Nc1ncc2cc(-c3ccccc3Cl)c(=O)n(C3CC3)c2n1)C(C)(C)O. The summed E-state index contributed by atoms with van der Waals surface area (Å²) in [6.45, 7) is 5.31. The van der Waals surface area contributed by atoms with Crippen LogP contribution in [0, 0.1) is 0 Å². The molecule has 7 heteroatoms. The molecule has 2 aromatic heterocycles. The van der Waals surface area contributed by atoms with E-state index in [1.165, 1.54) is 0 Å². The number of benzene rings is 1. The van der Waals surface area contributed by atoms with Gasteiger partial charge in [0.25, 0.3) is 5.56 Å². The van der Waals surface area contributed by atoms with Crippen molar-refractivity contribution in [3.8, 4) is 11.1 Å². The van der Waals surface area contributed by atoms with Crippen LogP contribution in [0.1, 0.15) is 39.7 Å². The van der Waals surface area contributed by atoms with Gasteiger partial charge in [-0.05, 0) is 45.7 Å². The van der Waals surface area contributed by atoms with Gasteiger partial charge in [0.1, 0.15) is 5.65 Å². The Morgan fingerprint density at radius 3 is 2.64 bits per heavy atom. The molecule has 0 bridgehead atoms. The zero-order valence-corrected chi connectivity index (χ0v) is 16.9. The molecule has 3 aromatic rings. The van der Waals surface area contributed by atoms with E-state index in [0.717, 1.165) is 18.2 Å². The van der Waals surface area contributed by atoms with Crippen molar-refractivity contribution in [3.63, 3.8) is 0 Å². The van der Waals surface area contributed by atoms with Crippen LogP contribution in [-0.4, -0.2) is 31.3 Å². The number of anilines is 1. The van der Waals surface area contributed by atoms with Crippen molar-refractivity contribution in [2.24, 2.45) is 0 Å². The van der Waals surface area contributed by atoms with Crippen LogP contribution in [0.2, 0.25) is 5.02 Å². The Balaban J connectivity index is 1.87. The molecule has 6 nitrogen and oxygen atoms in total. The van der Waals surface area contributed by atoms with E-state index in [-0.39, 0.29) is 17.6 Å². The maximum absolute atomic E-state index is 13.3. The first-order valence-electron chi connectivity index (χ1n) is 9.42. The average molecular weight is 399 g/mol. The molecule has 28 heavy (non-hydrogen) atoms. The summed E-state index contributed by atoms with van der Waals surface area (Å²) in [5.41, 5.74) is 0.845. The van der Waals surface area contributed by atoms with E-state index in [0.29, 0.717) is 27.7 Å². The van der Waals surface area contributed by atoms with E-state index in [9.17, 15) is 9.90 Å². The second-order valence-corrected chi connectivity index (χ2v) is 8.34. The normalized spacial score (nSPS) is 15.6. The fourth-order valence-electron chi connectivity index (χ4n) is 3.10. The molecule has 0 aliphatic heterocycles. The van der Waals surface area contributed by atoms with Gasteiger partial charge >= 0.3 is 0 Å². The Hall–Kier alpha value is -2.44. The summed E-state index contributed by atoms with van der Waals surface area (Å²) in [5, 5.41) is 14.6. The molecule has 2 N–H and O–H groups in total. The van der Waals surface area contributed by atoms with Crippen LogP contribution >= 0.6 is 11.6 Å². The van der Waals surface area contributed by atoms with Gasteiger partial charge in [-0.1, -0.05) is 29.8 Å². The van der Waals surface area contributed by atoms with Gasteiger partial charge in [0.15, 0.2) is 0 Å². The number of nitrogens with one attached hydrogen (secondary N) is 1. The van der Waals surface area contributed by atoms with Crippen molar-refractivity contribution in [3.05, 3.63) is 51.9 Å². The van der Waals surface area contributed by atoms with Gasteiger partial charge in [0, 0.05) is 33.8 Å². The van der Waals surface area contributed by atoms with Crippen LogP contribution in [0.5, 0.6) is 0 Å². The third kappa shape index (κ3) is 3.50. The Kier molecular flexibility index (Phi) is 4.63. The van der Waals surface area contributed by atoms with E-state index >= 15 is 0 Å². The number of aromatic nitrogens is 3. The fourth-order valence-corrected chi connectivity index (χ4v) is 3.34. The quantitative estimate of drug-likeness (QED) is 0.678. The van der Waals surface area contributed by atoms with Crippen LogP contribution in [-0.2, 0) is 0 Å². The van der Waals surface area contributed by atoms with Crippen molar-refractivity contribution in [1.82, 2.24) is 14.5 Å². The van der Waals surface area contributed by atoms with Gasteiger partial charge in [-0.25, -0.2) is 4.98 Å². The lowest BCUT2D eigenvalue weighted by atomic mass is 10.0. The molecule has 0 radical (unpaired) electrons. The summed E-state index contributed by atoms with van der Waals surface area (Å²) in [5.74, 6) is 0.390. The molecule has 1 aliphatic carbocycles. The molecule has 4 rings (SSSR count). The first kappa shape index (κ1) is 18.9. The molecule has 0 saturated heterocycles. The van der Waals surface area contributed by atoms with Crippen LogP contribution in [0.4, 0.5) is 5.95 Å². The van der Waals surface area contributed by atoms with Gasteiger partial charge in [-0.15, -0.1) is 0 Å². The van der Waals surface area contributed by atoms with Crippen LogP contribution in [0.25, 0.3) is 22.2 Å². The number of rotatable bonds is 5. The van der Waals surface area contributed by atoms with Crippen molar-refractivity contribution in [2.45, 2.75) is 51.3 Å². The largest absolute Gasteiger partial charge is 0.388 e. The maximum atomic E-state index is 13.3. The summed E-state index contributed by atoms with van der Waals surface area (Å²) in [6.07, 6.45) is 3.61. The minimum absolute atomic E-state index is 0.0942. The third-order valence-corrected chi connectivity index (χ3v) is 5.58. The zero-order chi connectivity index (χ0) is 20.1. The molecule has 1 fully saturated rings. The predicted octanol–water partition coefficient (Wildman–Crippen LogP) is 4.02. The molecule has 1 aliphatic rings. The molecule has 146 valence electrons. The molecule has 0 unspecified atom stereocenters. The molecule has 1 aromatic carbocycles. The van der Waals surface area contributed by atoms with Gasteiger partial charge in [-0.2, -0.15) is 4.98 Å². The smallest absolute Gasteiger partial charge is 0.260 e. The van der Waals surface area contributed by atoms with Crippen molar-refractivity contribution < 1.29 is 5.11 Å². The second kappa shape index (κ2) is 6.87. The first-order chi connectivity index (χ1) is 13.3. The van der Waals surface area contributed by atoms with Crippen molar-refractivity contribution in [2.75, 3.05) is 5.32 Å². The monoisotopic (exact) mass is 398 g/mol. The highest BCUT2D eigenvalue weighted by molar-refractivity contribution is 6.33. The number of hydrogen-bond donors (Lipinski definition) is 2. The lowest BCUT2D eigenvalue weighted by molar-refractivity contribution is 0.0646. The van der Waals surface area contributed by atoms with Crippen LogP contribution < -0.4 is 10.9 Å². The number of fused-ring (bicyclic) bond motifs is 1. The second-order valence-electron chi connectivity index (χ2n) is 7.94. The third-order valence-electron chi connectivity index (χ3n) is 5.25. The molecule has 1 atom stereocenters. The van der Waals surface area contributed by atoms with Gasteiger partial charge in [-0.3, -0.25) is 9.36 Å². The molecule has 0 spiro atoms. The summed E-state index contributed by atoms with van der Waals surface area (Å²) in [7, 11) is 0. The number of aliphatic hydroxyl groups is 1. The zero-order valence-electron chi connectivity index (χ0n) is 16.1. The van der Waals surface area contributed by atoms with E-state index in [1.54, 1.807) is 36.7 Å². The molecule has 1 saturated carbocycles. The van der Waals surface area contributed by atoms with E-state index in [2.05, 4.69) is 15.3 Å². The van der Waals surface area contributed by atoms with Gasteiger partial charge in [0.2, 0.25) is 5.95 Å². The summed E-state index contributed by atoms with van der Waals surface area (Å²) in [6, 6.07) is 9.04. The summed E-state index contributed by atoms with van der Waals surface area (Å²) < 4.78 is 1.76. The van der Waals surface area contributed by atoms with E-state index in [4.69, 9.17) is 11.6 Å². The number of halogens is 1. The van der Waals surface area contributed by atoms with Crippen molar-refractivity contribution >= 4 is 28.6 Å². The van der Waals surface area contributed by atoms with Crippen LogP contribution in [0.15, 0.2) is 41.3 Å². The van der Waals surface area contributed by atoms with Crippen LogP contribution in [0.3, 0.4) is 0 Å². The number of pyridine rings is 1. The summed E-state index contributed by atoms with van der Waals surface area (Å²) in [4.78, 5) is 22.3. The predicted molar refractivity (Wildman–Crippen MR) is 112 cm³/mol. The lowest BCUT2D eigenvalue weighted by Gasteiger charge is -2.26. The molecule has 2 heterocycles. The average Bonchev–Trinajstić information content (AvgIpc) is 3.46. The molecular formula is C21H23ClN4O2. The topological polar surface area (TPSA) is 80.0 Å². The standard InChI is InChI=1S/C21H23ClN4O2/c1-12(21(2,3)28)24-20-23-11-13-10-16(15-6-4-5-7-17(15)22)19(27)26(14-8-9-14)18(13)25-20/h4-7,10-12,14,28H,8-9H2,1-3H3,(H,23,24,25)/t12-/m0/s1. The van der Waals surface area contributed by atoms with Gasteiger partial charge in [0.05, 0.1) is 11.6 Å². The Bertz CT molecular complexity index is 1100. The first-order valence-corrected chi connectivity index (χ1v) is 9.79. The molecular weight excluding hydrogens is 376 g/mol. The number of hydrogen-bond acceptors (Lipinski definition) is 5. The Labute approximate surface area is 168 Å². The highest BCUT2D eigenvalue weighted by Crippen LogP contribution is 2.37. The number of nitrogens with zero attached hydrogens (tertiary/aromatic N) is 3. The highest BCUT2D eigenvalue weighted by Gasteiger charge is 2.29. The Morgan fingerprint density at radius 2 is 2.00 bits per heavy atom. The highest BCUT2D eigenvalue weighted by atomic mass is 35.5. The van der Waals surface area contributed by atoms with E-state index < -0.39 is 5.60 Å². The van der Waals surface area contributed by atoms with Crippen molar-refractivity contribution in [1.29, 1.82) is 0 Å². The minimum atomic E-state index is -0.928. The Morgan fingerprint density at radius 1 is 1.29 bits per heavy atom.